The molecule has 0 heterocycles. The van der Waals surface area contributed by atoms with Gasteiger partial charge in [0.2, 0.25) is 0 Å². The normalized spacial score (nSPS) is 7.47. The van der Waals surface area contributed by atoms with Crippen molar-refractivity contribution in [2.24, 2.45) is 0 Å². The van der Waals surface area contributed by atoms with Crippen molar-refractivity contribution in [2.75, 3.05) is 0 Å². The molecule has 0 fully saturated rings. The van der Waals surface area contributed by atoms with E-state index in [1.165, 1.54) is 24.3 Å². The van der Waals surface area contributed by atoms with Gasteiger partial charge in [-0.25, -0.2) is 9.59 Å². The van der Waals surface area contributed by atoms with E-state index in [2.05, 4.69) is 0 Å². The molecule has 2 N–H and O–H groups in total. The first-order chi connectivity index (χ1) is 5.63. The van der Waals surface area contributed by atoms with E-state index in [1.807, 2.05) is 0 Å². The van der Waals surface area contributed by atoms with Gasteiger partial charge < -0.3 is 10.2 Å². The van der Waals surface area contributed by atoms with Crippen molar-refractivity contribution in [2.45, 2.75) is 0 Å². The molecule has 7 heteroatoms. The summed E-state index contributed by atoms with van der Waals surface area (Å²) in [4.78, 5) is 20.9. The molecular weight excluding hydrogens is 229 g/mol. The molecule has 65 valence electrons. The van der Waals surface area contributed by atoms with Crippen LogP contribution in [0.2, 0.25) is 0 Å². The summed E-state index contributed by atoms with van der Waals surface area (Å²) in [5.74, 6) is -2.46. The van der Waals surface area contributed by atoms with E-state index < -0.39 is 11.9 Å². The van der Waals surface area contributed by atoms with Gasteiger partial charge in [0.25, 0.3) is 0 Å². The largest absolute Gasteiger partial charge is 0.478 e. The minimum atomic E-state index is -1.23. The fourth-order valence-corrected chi connectivity index (χ4v) is 0.856. The van der Waals surface area contributed by atoms with Crippen LogP contribution in [0.25, 0.3) is 0 Å². The third-order valence-corrected chi connectivity index (χ3v) is 1.39. The summed E-state index contributed by atoms with van der Waals surface area (Å²) in [6, 6.07) is 5.48. The molecular formula is C8H6Na3O4. The second kappa shape index (κ2) is 10.3. The van der Waals surface area contributed by atoms with Crippen LogP contribution in [0.4, 0.5) is 0 Å². The van der Waals surface area contributed by atoms with Crippen LogP contribution in [0, 0.1) is 0 Å². The van der Waals surface area contributed by atoms with Crippen molar-refractivity contribution in [3.05, 3.63) is 35.4 Å². The molecule has 3 radical (unpaired) electrons. The van der Waals surface area contributed by atoms with Crippen LogP contribution in [-0.2, 0) is 0 Å². The van der Waals surface area contributed by atoms with Gasteiger partial charge in [0.1, 0.15) is 0 Å². The number of benzene rings is 1. The summed E-state index contributed by atoms with van der Waals surface area (Å²) in [7, 11) is 0. The Bertz CT molecular complexity index is 307. The monoisotopic (exact) mass is 235 g/mol. The minimum Gasteiger partial charge on any atom is -0.478 e. The zero-order valence-electron chi connectivity index (χ0n) is 9.02. The maximum absolute atomic E-state index is 10.5. The Morgan fingerprint density at radius 1 is 0.800 bits per heavy atom. The molecule has 0 bridgehead atoms. The van der Waals surface area contributed by atoms with Gasteiger partial charge >= 0.3 is 11.9 Å². The van der Waals surface area contributed by atoms with Gasteiger partial charge in [-0.2, -0.15) is 0 Å². The summed E-state index contributed by atoms with van der Waals surface area (Å²) < 4.78 is 0. The Morgan fingerprint density at radius 2 is 1.07 bits per heavy atom. The molecule has 0 saturated carbocycles. The minimum absolute atomic E-state index is 0. The van der Waals surface area contributed by atoms with Crippen molar-refractivity contribution in [1.82, 2.24) is 0 Å². The maximum Gasteiger partial charge on any atom is 0.336 e. The van der Waals surface area contributed by atoms with Crippen LogP contribution in [-0.4, -0.2) is 111 Å². The molecule has 4 nitrogen and oxygen atoms in total. The molecule has 1 aromatic carbocycles. The summed E-state index contributed by atoms with van der Waals surface area (Å²) in [5.41, 5.74) is -0.380. The van der Waals surface area contributed by atoms with E-state index >= 15 is 0 Å². The van der Waals surface area contributed by atoms with Gasteiger partial charge in [-0.15, -0.1) is 0 Å². The first kappa shape index (κ1) is 21.4. The Morgan fingerprint density at radius 3 is 1.27 bits per heavy atom. The van der Waals surface area contributed by atoms with Crippen molar-refractivity contribution in [3.8, 4) is 0 Å². The molecule has 0 spiro atoms. The van der Waals surface area contributed by atoms with Crippen molar-refractivity contribution >= 4 is 101 Å². The Kier molecular flexibility index (Phi) is 14.8. The predicted molar refractivity (Wildman–Crippen MR) is 57.6 cm³/mol. The zero-order valence-corrected chi connectivity index (χ0v) is 15.0. The topological polar surface area (TPSA) is 74.6 Å². The molecule has 0 aliphatic heterocycles. The van der Waals surface area contributed by atoms with Crippen LogP contribution in [0.15, 0.2) is 24.3 Å². The number of carboxylic acids is 2. The number of carbonyl (C=O) groups is 2. The van der Waals surface area contributed by atoms with Crippen LogP contribution < -0.4 is 0 Å². The molecule has 1 aromatic rings. The van der Waals surface area contributed by atoms with E-state index in [4.69, 9.17) is 10.2 Å². The molecule has 1 rings (SSSR count). The van der Waals surface area contributed by atoms with Crippen molar-refractivity contribution in [1.29, 1.82) is 0 Å². The van der Waals surface area contributed by atoms with Gasteiger partial charge in [0, 0.05) is 88.7 Å². The van der Waals surface area contributed by atoms with E-state index in [-0.39, 0.29) is 99.8 Å². The molecule has 15 heavy (non-hydrogen) atoms. The third kappa shape index (κ3) is 6.46. The summed E-state index contributed by atoms with van der Waals surface area (Å²) in [5, 5.41) is 17.1. The third-order valence-electron chi connectivity index (χ3n) is 1.39. The van der Waals surface area contributed by atoms with E-state index in [1.54, 1.807) is 0 Å². The molecule has 0 aromatic heterocycles. The van der Waals surface area contributed by atoms with Gasteiger partial charge in [-0.1, -0.05) is 12.1 Å². The molecule has 0 unspecified atom stereocenters. The Labute approximate surface area is 153 Å². The van der Waals surface area contributed by atoms with Crippen molar-refractivity contribution in [3.63, 3.8) is 0 Å². The Hall–Kier alpha value is 1.16. The SMILES string of the molecule is O=C(O)c1ccccc1C(=O)O.[Na].[Na].[Na]. The number of carboxylic acid groups (broad SMARTS) is 2. The molecule has 0 amide bonds. The fourth-order valence-electron chi connectivity index (χ4n) is 0.856. The summed E-state index contributed by atoms with van der Waals surface area (Å²) >= 11 is 0. The van der Waals surface area contributed by atoms with Gasteiger partial charge in [0.15, 0.2) is 0 Å². The van der Waals surface area contributed by atoms with Crippen molar-refractivity contribution < 1.29 is 19.8 Å². The standard InChI is InChI=1S/C8H6O4.3Na/c9-7(10)5-3-1-2-4-6(5)8(11)12;;;/h1-4H,(H,9,10)(H,11,12);;;. The Balaban J connectivity index is -0.000000480. The molecule has 0 atom stereocenters. The number of aromatic carboxylic acids is 2. The van der Waals surface area contributed by atoms with Gasteiger partial charge in [-0.3, -0.25) is 0 Å². The number of hydrogen-bond donors (Lipinski definition) is 2. The van der Waals surface area contributed by atoms with Gasteiger partial charge in [0.05, 0.1) is 11.1 Å². The quantitative estimate of drug-likeness (QED) is 0.704. The molecule has 0 aliphatic carbocycles. The molecule has 0 aliphatic rings. The predicted octanol–water partition coefficient (Wildman–Crippen LogP) is -0.0594. The summed E-state index contributed by atoms with van der Waals surface area (Å²) in [6.07, 6.45) is 0. The van der Waals surface area contributed by atoms with E-state index in [9.17, 15) is 9.59 Å². The zero-order chi connectivity index (χ0) is 9.14. The fraction of sp³-hybridized carbons (Fsp3) is 0. The average Bonchev–Trinajstić information content (AvgIpc) is 2.04. The van der Waals surface area contributed by atoms with E-state index in [0.717, 1.165) is 0 Å². The first-order valence-corrected chi connectivity index (χ1v) is 3.18. The van der Waals surface area contributed by atoms with Crippen LogP contribution in [0.5, 0.6) is 0 Å². The number of hydrogen-bond acceptors (Lipinski definition) is 2. The van der Waals surface area contributed by atoms with Crippen LogP contribution >= 0.6 is 0 Å². The second-order valence-electron chi connectivity index (χ2n) is 2.16. The second-order valence-corrected chi connectivity index (χ2v) is 2.16. The van der Waals surface area contributed by atoms with Gasteiger partial charge in [-0.05, 0) is 12.1 Å². The summed E-state index contributed by atoms with van der Waals surface area (Å²) in [6.45, 7) is 0. The average molecular weight is 235 g/mol. The number of rotatable bonds is 2. The first-order valence-electron chi connectivity index (χ1n) is 3.18. The van der Waals surface area contributed by atoms with E-state index in [0.29, 0.717) is 0 Å². The smallest absolute Gasteiger partial charge is 0.336 e. The van der Waals surface area contributed by atoms with Crippen LogP contribution in [0.3, 0.4) is 0 Å². The maximum atomic E-state index is 10.5. The van der Waals surface area contributed by atoms with Crippen LogP contribution in [0.1, 0.15) is 20.7 Å². The molecule has 0 saturated heterocycles.